The van der Waals surface area contributed by atoms with Gasteiger partial charge < -0.3 is 14.8 Å². The summed E-state index contributed by atoms with van der Waals surface area (Å²) in [6.45, 7) is 3.40. The fourth-order valence-corrected chi connectivity index (χ4v) is 4.08. The van der Waals surface area contributed by atoms with Crippen LogP contribution in [0.25, 0.3) is 0 Å². The van der Waals surface area contributed by atoms with Gasteiger partial charge >= 0.3 is 0 Å². The van der Waals surface area contributed by atoms with E-state index in [9.17, 15) is 0 Å². The van der Waals surface area contributed by atoms with Crippen molar-refractivity contribution in [1.82, 2.24) is 5.32 Å². The van der Waals surface area contributed by atoms with Gasteiger partial charge in [-0.1, -0.05) is 67.4 Å². The maximum absolute atomic E-state index is 6.04. The molecule has 3 aromatic carbocycles. The molecule has 0 aromatic heterocycles. The van der Waals surface area contributed by atoms with Crippen molar-refractivity contribution in [3.8, 4) is 11.5 Å². The molecule has 0 aliphatic rings. The van der Waals surface area contributed by atoms with Crippen LogP contribution in [0.4, 0.5) is 0 Å². The summed E-state index contributed by atoms with van der Waals surface area (Å²) < 4.78 is 12.5. The zero-order chi connectivity index (χ0) is 21.3. The molecule has 1 atom stereocenters. The van der Waals surface area contributed by atoms with E-state index in [2.05, 4.69) is 64.6 Å². The molecule has 0 spiro atoms. The second kappa shape index (κ2) is 13.0. The summed E-state index contributed by atoms with van der Waals surface area (Å²) in [4.78, 5) is 0. The highest BCUT2D eigenvalue weighted by molar-refractivity contribution is 9.10. The zero-order valence-corrected chi connectivity index (χ0v) is 20.9. The number of ether oxygens (including phenoxy) is 2. The Morgan fingerprint density at radius 3 is 2.35 bits per heavy atom. The lowest BCUT2D eigenvalue weighted by Crippen LogP contribution is -2.20. The molecule has 0 radical (unpaired) electrons. The average molecular weight is 525 g/mol. The molecule has 0 heterocycles. The molecule has 1 N–H and O–H groups in total. The Morgan fingerprint density at radius 1 is 1.00 bits per heavy atom. The zero-order valence-electron chi connectivity index (χ0n) is 17.7. The first kappa shape index (κ1) is 25.5. The van der Waals surface area contributed by atoms with Gasteiger partial charge in [0.15, 0.2) is 11.5 Å². The monoisotopic (exact) mass is 523 g/mol. The Balaban J connectivity index is 0.00000341. The summed E-state index contributed by atoms with van der Waals surface area (Å²) in [7, 11) is 1.66. The van der Waals surface area contributed by atoms with E-state index in [1.54, 1.807) is 7.11 Å². The number of rotatable bonds is 10. The number of halogens is 3. The molecule has 0 amide bonds. The van der Waals surface area contributed by atoms with Crippen LogP contribution in [0.1, 0.15) is 42.5 Å². The van der Waals surface area contributed by atoms with Crippen molar-refractivity contribution in [2.45, 2.75) is 39.0 Å². The predicted octanol–water partition coefficient (Wildman–Crippen LogP) is 7.74. The minimum Gasteiger partial charge on any atom is -0.493 e. The number of nitrogens with one attached hydrogen (secondary N) is 1. The summed E-state index contributed by atoms with van der Waals surface area (Å²) >= 11 is 9.61. The number of benzene rings is 3. The Morgan fingerprint density at radius 2 is 1.71 bits per heavy atom. The number of hydrogen-bond donors (Lipinski definition) is 1. The Kier molecular flexibility index (Phi) is 10.7. The van der Waals surface area contributed by atoms with E-state index in [0.29, 0.717) is 29.2 Å². The minimum absolute atomic E-state index is 0. The summed E-state index contributed by atoms with van der Waals surface area (Å²) in [5, 5.41) is 4.40. The van der Waals surface area contributed by atoms with Crippen LogP contribution in [0.3, 0.4) is 0 Å². The minimum atomic E-state index is 0. The molecule has 0 saturated heterocycles. The molecular weight excluding hydrogens is 497 g/mol. The molecule has 1 unspecified atom stereocenters. The summed E-state index contributed by atoms with van der Waals surface area (Å²) in [6, 6.07) is 22.7. The summed E-state index contributed by atoms with van der Waals surface area (Å²) in [5.74, 6) is 1.41. The first-order chi connectivity index (χ1) is 14.6. The molecular formula is C25H28BrCl2NO2. The van der Waals surface area contributed by atoms with E-state index in [1.165, 1.54) is 5.56 Å². The van der Waals surface area contributed by atoms with Gasteiger partial charge in [0.05, 0.1) is 11.6 Å². The summed E-state index contributed by atoms with van der Waals surface area (Å²) in [5.41, 5.74) is 3.49. The Labute approximate surface area is 204 Å². The highest BCUT2D eigenvalue weighted by atomic mass is 79.9. The fraction of sp³-hybridized carbons (Fsp3) is 0.280. The normalized spacial score (nSPS) is 11.5. The van der Waals surface area contributed by atoms with Crippen molar-refractivity contribution < 1.29 is 9.47 Å². The Hall–Kier alpha value is -1.72. The third-order valence-electron chi connectivity index (χ3n) is 4.92. The van der Waals surface area contributed by atoms with E-state index in [1.807, 2.05) is 30.3 Å². The molecule has 0 saturated carbocycles. The van der Waals surface area contributed by atoms with Gasteiger partial charge in [0.1, 0.15) is 6.61 Å². The largest absolute Gasteiger partial charge is 0.493 e. The molecule has 0 aliphatic carbocycles. The Bertz CT molecular complexity index is 936. The van der Waals surface area contributed by atoms with E-state index in [0.717, 1.165) is 35.0 Å². The first-order valence-electron chi connectivity index (χ1n) is 10.1. The molecule has 166 valence electrons. The smallest absolute Gasteiger partial charge is 0.175 e. The maximum Gasteiger partial charge on any atom is 0.175 e. The van der Waals surface area contributed by atoms with Gasteiger partial charge in [-0.25, -0.2) is 0 Å². The van der Waals surface area contributed by atoms with Crippen LogP contribution in [0.2, 0.25) is 5.02 Å². The summed E-state index contributed by atoms with van der Waals surface area (Å²) in [6.07, 6.45) is 2.21. The van der Waals surface area contributed by atoms with Gasteiger partial charge in [-0.3, -0.25) is 0 Å². The SMILES string of the molecule is CCCC(NCc1cc(Br)c(OCc2ccc(Cl)cc2)c(OC)c1)c1ccccc1.Cl. The van der Waals surface area contributed by atoms with E-state index < -0.39 is 0 Å². The van der Waals surface area contributed by atoms with Crippen LogP contribution < -0.4 is 14.8 Å². The van der Waals surface area contributed by atoms with E-state index in [-0.39, 0.29) is 12.4 Å². The van der Waals surface area contributed by atoms with Crippen molar-refractivity contribution in [3.05, 3.63) is 92.9 Å². The second-order valence-electron chi connectivity index (χ2n) is 7.16. The molecule has 3 nitrogen and oxygen atoms in total. The predicted molar refractivity (Wildman–Crippen MR) is 135 cm³/mol. The lowest BCUT2D eigenvalue weighted by Gasteiger charge is -2.20. The molecule has 3 rings (SSSR count). The third kappa shape index (κ3) is 7.43. The lowest BCUT2D eigenvalue weighted by molar-refractivity contribution is 0.282. The molecule has 3 aromatic rings. The molecule has 31 heavy (non-hydrogen) atoms. The van der Waals surface area contributed by atoms with Crippen molar-refractivity contribution >= 4 is 39.9 Å². The molecule has 0 bridgehead atoms. The standard InChI is InChI=1S/C25H27BrClNO2.ClH/c1-3-7-23(20-8-5-4-6-9-20)28-16-19-14-22(26)25(24(15-19)29-2)30-17-18-10-12-21(27)13-11-18;/h4-6,8-15,23,28H,3,7,16-17H2,1-2H3;1H. The van der Waals surface area contributed by atoms with Gasteiger partial charge in [0.2, 0.25) is 0 Å². The van der Waals surface area contributed by atoms with Gasteiger partial charge in [0, 0.05) is 17.6 Å². The molecule has 0 aliphatic heterocycles. The van der Waals surface area contributed by atoms with E-state index >= 15 is 0 Å². The highest BCUT2D eigenvalue weighted by Gasteiger charge is 2.14. The molecule has 0 fully saturated rings. The maximum atomic E-state index is 6.04. The van der Waals surface area contributed by atoms with Crippen molar-refractivity contribution in [2.75, 3.05) is 7.11 Å². The van der Waals surface area contributed by atoms with Gasteiger partial charge in [0.25, 0.3) is 0 Å². The molecule has 6 heteroatoms. The second-order valence-corrected chi connectivity index (χ2v) is 8.45. The first-order valence-corrected chi connectivity index (χ1v) is 11.3. The number of hydrogen-bond acceptors (Lipinski definition) is 3. The van der Waals surface area contributed by atoms with Gasteiger partial charge in [-0.05, 0) is 63.3 Å². The van der Waals surface area contributed by atoms with Gasteiger partial charge in [-0.2, -0.15) is 0 Å². The quantitative estimate of drug-likeness (QED) is 0.294. The van der Waals surface area contributed by atoms with Crippen LogP contribution in [-0.2, 0) is 13.2 Å². The topological polar surface area (TPSA) is 30.5 Å². The van der Waals surface area contributed by atoms with E-state index in [4.69, 9.17) is 21.1 Å². The van der Waals surface area contributed by atoms with Crippen molar-refractivity contribution in [1.29, 1.82) is 0 Å². The third-order valence-corrected chi connectivity index (χ3v) is 5.76. The van der Waals surface area contributed by atoms with Crippen LogP contribution in [0, 0.1) is 0 Å². The highest BCUT2D eigenvalue weighted by Crippen LogP contribution is 2.37. The van der Waals surface area contributed by atoms with Crippen LogP contribution in [-0.4, -0.2) is 7.11 Å². The van der Waals surface area contributed by atoms with Crippen LogP contribution in [0.15, 0.2) is 71.2 Å². The van der Waals surface area contributed by atoms with Gasteiger partial charge in [-0.15, -0.1) is 12.4 Å². The average Bonchev–Trinajstić information content (AvgIpc) is 2.77. The van der Waals surface area contributed by atoms with Crippen LogP contribution >= 0.6 is 39.9 Å². The number of methoxy groups -OCH3 is 1. The van der Waals surface area contributed by atoms with Crippen LogP contribution in [0.5, 0.6) is 11.5 Å². The van der Waals surface area contributed by atoms with Crippen molar-refractivity contribution in [3.63, 3.8) is 0 Å². The van der Waals surface area contributed by atoms with Crippen molar-refractivity contribution in [2.24, 2.45) is 0 Å². The fourth-order valence-electron chi connectivity index (χ4n) is 3.35. The lowest BCUT2D eigenvalue weighted by atomic mass is 10.0.